The first kappa shape index (κ1) is 9.47. The number of aromatic hydroxyl groups is 1. The maximum absolute atomic E-state index is 10.6. The number of carbonyl (C=O) groups excluding carboxylic acids is 1. The first-order valence-corrected chi connectivity index (χ1v) is 3.58. The van der Waals surface area contributed by atoms with Crippen LogP contribution in [0.2, 0.25) is 0 Å². The standard InChI is InChI=1S/C7H4ClNO4/c8-7(11)4-2-1-3-5(6(4)10)9(12)13/h1-3,10H. The monoisotopic (exact) mass is 201 g/mol. The Hall–Kier alpha value is -1.62. The number of halogens is 1. The van der Waals surface area contributed by atoms with Crippen molar-refractivity contribution in [3.05, 3.63) is 33.9 Å². The van der Waals surface area contributed by atoms with Crippen molar-refractivity contribution in [3.8, 4) is 5.75 Å². The highest BCUT2D eigenvalue weighted by atomic mass is 35.5. The summed E-state index contributed by atoms with van der Waals surface area (Å²) >= 11 is 5.06. The fourth-order valence-corrected chi connectivity index (χ4v) is 0.990. The van der Waals surface area contributed by atoms with Gasteiger partial charge in [-0.2, -0.15) is 0 Å². The van der Waals surface area contributed by atoms with Crippen molar-refractivity contribution in [3.63, 3.8) is 0 Å². The fraction of sp³-hybridized carbons (Fsp3) is 0. The lowest BCUT2D eigenvalue weighted by molar-refractivity contribution is -0.385. The third-order valence-electron chi connectivity index (χ3n) is 1.42. The maximum Gasteiger partial charge on any atom is 0.311 e. The van der Waals surface area contributed by atoms with E-state index in [4.69, 9.17) is 11.6 Å². The number of hydrogen-bond donors (Lipinski definition) is 1. The van der Waals surface area contributed by atoms with Crippen LogP contribution < -0.4 is 0 Å². The SMILES string of the molecule is O=C(Cl)c1cccc([N+](=O)[O-])c1O. The summed E-state index contributed by atoms with van der Waals surface area (Å²) in [6, 6.07) is 3.56. The molecule has 0 aliphatic carbocycles. The predicted molar refractivity (Wildman–Crippen MR) is 44.9 cm³/mol. The normalized spacial score (nSPS) is 9.62. The van der Waals surface area contributed by atoms with Crippen LogP contribution in [0.25, 0.3) is 0 Å². The van der Waals surface area contributed by atoms with Crippen molar-refractivity contribution in [1.82, 2.24) is 0 Å². The number of phenolic OH excluding ortho intramolecular Hbond substituents is 1. The zero-order chi connectivity index (χ0) is 10.0. The average molecular weight is 202 g/mol. The lowest BCUT2D eigenvalue weighted by Crippen LogP contribution is -1.94. The molecule has 0 aromatic heterocycles. The smallest absolute Gasteiger partial charge is 0.311 e. The molecular formula is C7H4ClNO4. The lowest BCUT2D eigenvalue weighted by atomic mass is 10.2. The summed E-state index contributed by atoms with van der Waals surface area (Å²) < 4.78 is 0. The topological polar surface area (TPSA) is 80.4 Å². The Morgan fingerprint density at radius 2 is 2.15 bits per heavy atom. The molecule has 0 spiro atoms. The van der Waals surface area contributed by atoms with Crippen LogP contribution in [-0.2, 0) is 0 Å². The van der Waals surface area contributed by atoms with Crippen LogP contribution in [0.4, 0.5) is 5.69 Å². The number of para-hydroxylation sites is 1. The number of carbonyl (C=O) groups is 1. The molecular weight excluding hydrogens is 198 g/mol. The van der Waals surface area contributed by atoms with E-state index in [0.717, 1.165) is 6.07 Å². The summed E-state index contributed by atoms with van der Waals surface area (Å²) in [5, 5.41) is 18.5. The van der Waals surface area contributed by atoms with Crippen molar-refractivity contribution in [2.24, 2.45) is 0 Å². The molecule has 13 heavy (non-hydrogen) atoms. The molecule has 0 radical (unpaired) electrons. The number of benzene rings is 1. The fourth-order valence-electron chi connectivity index (χ4n) is 0.837. The van der Waals surface area contributed by atoms with Gasteiger partial charge >= 0.3 is 5.69 Å². The molecule has 1 aromatic rings. The second-order valence-corrected chi connectivity index (χ2v) is 2.55. The van der Waals surface area contributed by atoms with E-state index in [1.54, 1.807) is 0 Å². The van der Waals surface area contributed by atoms with Crippen LogP contribution >= 0.6 is 11.6 Å². The van der Waals surface area contributed by atoms with Crippen molar-refractivity contribution in [1.29, 1.82) is 0 Å². The Morgan fingerprint density at radius 3 is 2.62 bits per heavy atom. The number of hydrogen-bond acceptors (Lipinski definition) is 4. The van der Waals surface area contributed by atoms with Gasteiger partial charge in [0.1, 0.15) is 0 Å². The van der Waals surface area contributed by atoms with Gasteiger partial charge in [0.15, 0.2) is 0 Å². The van der Waals surface area contributed by atoms with E-state index < -0.39 is 21.6 Å². The number of rotatable bonds is 2. The Bertz CT molecular complexity index is 345. The molecule has 1 aromatic carbocycles. The minimum atomic E-state index is -0.929. The van der Waals surface area contributed by atoms with Crippen molar-refractivity contribution >= 4 is 22.5 Å². The Kier molecular flexibility index (Phi) is 2.48. The quantitative estimate of drug-likeness (QED) is 0.448. The first-order valence-electron chi connectivity index (χ1n) is 3.20. The van der Waals surface area contributed by atoms with E-state index in [1.807, 2.05) is 0 Å². The van der Waals surface area contributed by atoms with Gasteiger partial charge < -0.3 is 5.11 Å². The summed E-state index contributed by atoms with van der Waals surface area (Å²) in [5.41, 5.74) is -0.803. The van der Waals surface area contributed by atoms with Gasteiger partial charge in [-0.25, -0.2) is 0 Å². The van der Waals surface area contributed by atoms with Gasteiger partial charge in [-0.15, -0.1) is 0 Å². The van der Waals surface area contributed by atoms with Crippen molar-refractivity contribution in [2.45, 2.75) is 0 Å². The van der Waals surface area contributed by atoms with Gasteiger partial charge in [-0.1, -0.05) is 6.07 Å². The van der Waals surface area contributed by atoms with Crippen LogP contribution in [0.5, 0.6) is 5.75 Å². The first-order chi connectivity index (χ1) is 6.04. The van der Waals surface area contributed by atoms with E-state index in [9.17, 15) is 20.0 Å². The molecule has 0 atom stereocenters. The van der Waals surface area contributed by atoms with Crippen LogP contribution in [0.1, 0.15) is 10.4 Å². The van der Waals surface area contributed by atoms with Crippen molar-refractivity contribution < 1.29 is 14.8 Å². The van der Waals surface area contributed by atoms with E-state index in [-0.39, 0.29) is 5.56 Å². The van der Waals surface area contributed by atoms with Gasteiger partial charge in [-0.05, 0) is 17.7 Å². The molecule has 68 valence electrons. The minimum absolute atomic E-state index is 0.268. The molecule has 0 aliphatic heterocycles. The Morgan fingerprint density at radius 1 is 1.54 bits per heavy atom. The van der Waals surface area contributed by atoms with Crippen LogP contribution in [0.15, 0.2) is 18.2 Å². The average Bonchev–Trinajstić information content (AvgIpc) is 2.03. The van der Waals surface area contributed by atoms with E-state index in [2.05, 4.69) is 0 Å². The lowest BCUT2D eigenvalue weighted by Gasteiger charge is -1.98. The van der Waals surface area contributed by atoms with Crippen LogP contribution in [-0.4, -0.2) is 15.3 Å². The molecule has 0 fully saturated rings. The second kappa shape index (κ2) is 3.40. The molecule has 0 unspecified atom stereocenters. The molecule has 0 saturated carbocycles. The molecule has 1 rings (SSSR count). The van der Waals surface area contributed by atoms with Gasteiger partial charge in [0, 0.05) is 6.07 Å². The molecule has 0 bridgehead atoms. The van der Waals surface area contributed by atoms with Gasteiger partial charge in [0.05, 0.1) is 10.5 Å². The summed E-state index contributed by atoms with van der Waals surface area (Å²) in [6.07, 6.45) is 0. The van der Waals surface area contributed by atoms with Crippen molar-refractivity contribution in [2.75, 3.05) is 0 Å². The minimum Gasteiger partial charge on any atom is -0.502 e. The largest absolute Gasteiger partial charge is 0.502 e. The number of phenols is 1. The summed E-state index contributed by atoms with van der Waals surface area (Å²) in [6.45, 7) is 0. The number of nitro groups is 1. The second-order valence-electron chi connectivity index (χ2n) is 2.20. The molecule has 0 saturated heterocycles. The predicted octanol–water partition coefficient (Wildman–Crippen LogP) is 1.68. The number of nitro benzene ring substituents is 1. The zero-order valence-electron chi connectivity index (χ0n) is 6.23. The molecule has 0 amide bonds. The third-order valence-corrected chi connectivity index (χ3v) is 1.63. The van der Waals surface area contributed by atoms with Crippen LogP contribution in [0, 0.1) is 10.1 Å². The summed E-state index contributed by atoms with van der Waals surface area (Å²) in [4.78, 5) is 20.1. The van der Waals surface area contributed by atoms with E-state index in [0.29, 0.717) is 0 Å². The molecule has 5 nitrogen and oxygen atoms in total. The highest BCUT2D eigenvalue weighted by molar-refractivity contribution is 6.68. The highest BCUT2D eigenvalue weighted by Crippen LogP contribution is 2.29. The molecule has 1 N–H and O–H groups in total. The van der Waals surface area contributed by atoms with Crippen LogP contribution in [0.3, 0.4) is 0 Å². The summed E-state index contributed by atoms with van der Waals surface area (Å²) in [5.74, 6) is -0.701. The van der Waals surface area contributed by atoms with Gasteiger partial charge in [0.25, 0.3) is 5.24 Å². The Labute approximate surface area is 77.7 Å². The maximum atomic E-state index is 10.6. The molecule has 6 heteroatoms. The van der Waals surface area contributed by atoms with Gasteiger partial charge in [-0.3, -0.25) is 14.9 Å². The van der Waals surface area contributed by atoms with E-state index in [1.165, 1.54) is 12.1 Å². The summed E-state index contributed by atoms with van der Waals surface area (Å²) in [7, 11) is 0. The zero-order valence-corrected chi connectivity index (χ0v) is 6.99. The van der Waals surface area contributed by atoms with E-state index >= 15 is 0 Å². The van der Waals surface area contributed by atoms with Gasteiger partial charge in [0.2, 0.25) is 5.75 Å². The third kappa shape index (κ3) is 1.75. The molecule has 0 aliphatic rings. The number of nitrogens with zero attached hydrogens (tertiary/aromatic N) is 1. The Balaban J connectivity index is 3.35. The molecule has 0 heterocycles. The highest BCUT2D eigenvalue weighted by Gasteiger charge is 2.19.